The van der Waals surface area contributed by atoms with Gasteiger partial charge >= 0.3 is 5.97 Å². The Balaban J connectivity index is 0.000000361. The van der Waals surface area contributed by atoms with Crippen LogP contribution in [0.25, 0.3) is 0 Å². The number of nitrogens with two attached hydrogens (primary N) is 1. The molecule has 0 spiro atoms. The number of hydroxylamine groups is 2. The first-order valence-electron chi connectivity index (χ1n) is 10.5. The molecule has 0 heterocycles. The van der Waals surface area contributed by atoms with Crippen molar-refractivity contribution >= 4 is 17.8 Å². The first-order valence-corrected chi connectivity index (χ1v) is 10.5. The number of rotatable bonds is 10. The lowest BCUT2D eigenvalue weighted by atomic mass is 10.2. The number of esters is 1. The maximum absolute atomic E-state index is 11.5. The average molecular weight is 460 g/mol. The molecule has 2 aromatic rings. The maximum Gasteiger partial charge on any atom is 0.306 e. The molecule has 0 saturated heterocycles. The van der Waals surface area contributed by atoms with Crippen LogP contribution >= 0.6 is 0 Å². The number of nitrogens with one attached hydrogen (secondary N) is 2. The molecule has 9 heteroatoms. The van der Waals surface area contributed by atoms with Gasteiger partial charge in [-0.1, -0.05) is 60.7 Å². The van der Waals surface area contributed by atoms with Crippen LogP contribution in [0.2, 0.25) is 0 Å². The van der Waals surface area contributed by atoms with Crippen LogP contribution < -0.4 is 16.7 Å². The molecule has 0 atom stereocenters. The summed E-state index contributed by atoms with van der Waals surface area (Å²) in [7, 11) is 0. The van der Waals surface area contributed by atoms with Crippen LogP contribution in [0.4, 0.5) is 0 Å². The van der Waals surface area contributed by atoms with Gasteiger partial charge in [0, 0.05) is 6.42 Å². The summed E-state index contributed by atoms with van der Waals surface area (Å²) in [6.07, 6.45) is 0.0848. The third-order valence-electron chi connectivity index (χ3n) is 3.70. The van der Waals surface area contributed by atoms with Gasteiger partial charge < -0.3 is 10.5 Å². The maximum atomic E-state index is 11.5. The summed E-state index contributed by atoms with van der Waals surface area (Å²) in [5, 5.41) is 0. The zero-order valence-corrected chi connectivity index (χ0v) is 19.3. The Kier molecular flexibility index (Phi) is 13.1. The number of hydrogen-bond acceptors (Lipinski definition) is 7. The molecule has 0 aliphatic rings. The Labute approximate surface area is 194 Å². The van der Waals surface area contributed by atoms with Crippen LogP contribution in [0.1, 0.15) is 44.7 Å². The molecule has 0 saturated carbocycles. The van der Waals surface area contributed by atoms with Crippen LogP contribution in [0.5, 0.6) is 0 Å². The Morgan fingerprint density at radius 3 is 1.64 bits per heavy atom. The highest BCUT2D eigenvalue weighted by molar-refractivity contribution is 5.80. The van der Waals surface area contributed by atoms with Gasteiger partial charge in [-0.2, -0.15) is 0 Å². The normalized spacial score (nSPS) is 10.4. The molecule has 9 nitrogen and oxygen atoms in total. The van der Waals surface area contributed by atoms with Crippen molar-refractivity contribution in [3.05, 3.63) is 71.8 Å². The third kappa shape index (κ3) is 15.2. The summed E-state index contributed by atoms with van der Waals surface area (Å²) in [6, 6.07) is 19.0. The summed E-state index contributed by atoms with van der Waals surface area (Å²) in [6.45, 7) is 5.94. The lowest BCUT2D eigenvalue weighted by molar-refractivity contribution is -0.156. The summed E-state index contributed by atoms with van der Waals surface area (Å²) >= 11 is 0. The second kappa shape index (κ2) is 15.5. The average Bonchev–Trinajstić information content (AvgIpc) is 2.78. The van der Waals surface area contributed by atoms with Gasteiger partial charge in [0.05, 0.1) is 26.2 Å². The van der Waals surface area contributed by atoms with Crippen LogP contribution in [0.15, 0.2) is 60.7 Å². The van der Waals surface area contributed by atoms with Gasteiger partial charge in [0.25, 0.3) is 5.91 Å². The summed E-state index contributed by atoms with van der Waals surface area (Å²) < 4.78 is 5.10. The van der Waals surface area contributed by atoms with Crippen molar-refractivity contribution in [1.82, 2.24) is 11.0 Å². The predicted molar refractivity (Wildman–Crippen MR) is 123 cm³/mol. The lowest BCUT2D eigenvalue weighted by Gasteiger charge is -2.19. The molecule has 0 aromatic heterocycles. The summed E-state index contributed by atoms with van der Waals surface area (Å²) in [5.41, 5.74) is 11.0. The fourth-order valence-corrected chi connectivity index (χ4v) is 2.25. The molecule has 2 aromatic carbocycles. The van der Waals surface area contributed by atoms with E-state index in [2.05, 4.69) is 11.0 Å². The van der Waals surface area contributed by atoms with E-state index in [9.17, 15) is 14.4 Å². The van der Waals surface area contributed by atoms with Gasteiger partial charge in [-0.05, 0) is 31.9 Å². The van der Waals surface area contributed by atoms with Crippen molar-refractivity contribution in [2.24, 2.45) is 5.73 Å². The first-order chi connectivity index (χ1) is 15.7. The monoisotopic (exact) mass is 459 g/mol. The third-order valence-corrected chi connectivity index (χ3v) is 3.70. The molecule has 0 unspecified atom stereocenters. The molecule has 0 radical (unpaired) electrons. The van der Waals surface area contributed by atoms with Crippen molar-refractivity contribution in [3.63, 3.8) is 0 Å². The van der Waals surface area contributed by atoms with E-state index in [0.717, 1.165) is 11.1 Å². The second-order valence-electron chi connectivity index (χ2n) is 7.89. The first kappa shape index (κ1) is 27.8. The Morgan fingerprint density at radius 2 is 1.21 bits per heavy atom. The van der Waals surface area contributed by atoms with E-state index in [1.807, 2.05) is 60.7 Å². The molecular weight excluding hydrogens is 426 g/mol. The minimum Gasteiger partial charge on any atom is -0.460 e. The topological polar surface area (TPSA) is 129 Å². The minimum atomic E-state index is -0.530. The zero-order valence-electron chi connectivity index (χ0n) is 19.3. The highest BCUT2D eigenvalue weighted by atomic mass is 16.7. The van der Waals surface area contributed by atoms with Crippen molar-refractivity contribution in [3.8, 4) is 0 Å². The number of hydrogen-bond donors (Lipinski definition) is 3. The van der Waals surface area contributed by atoms with Gasteiger partial charge in [-0.25, -0.2) is 11.0 Å². The Hall–Kier alpha value is -3.27. The van der Waals surface area contributed by atoms with Gasteiger partial charge in [-0.3, -0.25) is 24.1 Å². The molecule has 33 heavy (non-hydrogen) atoms. The molecule has 0 fully saturated rings. The Bertz CT molecular complexity index is 838. The lowest BCUT2D eigenvalue weighted by Crippen LogP contribution is -2.30. The fourth-order valence-electron chi connectivity index (χ4n) is 2.25. The highest BCUT2D eigenvalue weighted by Crippen LogP contribution is 2.09. The molecule has 2 rings (SSSR count). The van der Waals surface area contributed by atoms with E-state index in [0.29, 0.717) is 13.2 Å². The number of carbonyl (C=O) groups excluding carboxylic acids is 3. The van der Waals surface area contributed by atoms with Crippen molar-refractivity contribution in [1.29, 1.82) is 0 Å². The van der Waals surface area contributed by atoms with Crippen LogP contribution in [-0.4, -0.2) is 29.9 Å². The van der Waals surface area contributed by atoms with E-state index in [-0.39, 0.29) is 31.2 Å². The fraction of sp³-hybridized carbons (Fsp3) is 0.375. The molecule has 0 bridgehead atoms. The van der Waals surface area contributed by atoms with Crippen molar-refractivity contribution in [2.45, 2.75) is 52.4 Å². The molecule has 4 N–H and O–H groups in total. The van der Waals surface area contributed by atoms with Gasteiger partial charge in [0.1, 0.15) is 5.60 Å². The summed E-state index contributed by atoms with van der Waals surface area (Å²) in [4.78, 5) is 43.5. The molecule has 2 amide bonds. The van der Waals surface area contributed by atoms with Crippen molar-refractivity contribution < 1.29 is 28.8 Å². The van der Waals surface area contributed by atoms with E-state index >= 15 is 0 Å². The highest BCUT2D eigenvalue weighted by Gasteiger charge is 2.17. The van der Waals surface area contributed by atoms with Crippen LogP contribution in [0.3, 0.4) is 0 Å². The standard InChI is InChI=1S/C15H21NO4.C9H12N2O2/c1-15(2,3)20-14(18)10-9-13(17)16-19-11-12-7-5-4-6-8-12;10-6-9(12)11-13-7-8-4-2-1-3-5-8/h4-8H,9-11H2,1-3H3,(H,16,17);1-5H,6-7,10H2,(H,11,12). The molecule has 0 aliphatic heterocycles. The van der Waals surface area contributed by atoms with Crippen molar-refractivity contribution in [2.75, 3.05) is 6.54 Å². The predicted octanol–water partition coefficient (Wildman–Crippen LogP) is 2.55. The number of ether oxygens (including phenoxy) is 1. The van der Waals surface area contributed by atoms with Crippen LogP contribution in [0, 0.1) is 0 Å². The van der Waals surface area contributed by atoms with E-state index < -0.39 is 11.6 Å². The Morgan fingerprint density at radius 1 is 0.758 bits per heavy atom. The molecule has 0 aliphatic carbocycles. The van der Waals surface area contributed by atoms with Gasteiger partial charge in [0.15, 0.2) is 0 Å². The number of amides is 2. The quantitative estimate of drug-likeness (QED) is 0.368. The number of carbonyl (C=O) groups is 3. The van der Waals surface area contributed by atoms with Gasteiger partial charge in [0.2, 0.25) is 5.91 Å². The largest absolute Gasteiger partial charge is 0.460 e. The van der Waals surface area contributed by atoms with E-state index in [1.165, 1.54) is 0 Å². The smallest absolute Gasteiger partial charge is 0.306 e. The summed E-state index contributed by atoms with van der Waals surface area (Å²) in [5.74, 6) is -1.06. The minimum absolute atomic E-state index is 0.0395. The van der Waals surface area contributed by atoms with E-state index in [1.54, 1.807) is 20.8 Å². The van der Waals surface area contributed by atoms with Crippen LogP contribution in [-0.2, 0) is 42.0 Å². The van der Waals surface area contributed by atoms with E-state index in [4.69, 9.17) is 20.1 Å². The second-order valence-corrected chi connectivity index (χ2v) is 7.89. The molecule has 180 valence electrons. The zero-order chi connectivity index (χ0) is 24.5. The number of benzene rings is 2. The van der Waals surface area contributed by atoms with Gasteiger partial charge in [-0.15, -0.1) is 0 Å². The SMILES string of the molecule is CC(C)(C)OC(=O)CCC(=O)NOCc1ccccc1.NCC(=O)NOCc1ccccc1. The molecular formula is C24H33N3O6.